The maximum atomic E-state index is 12.8. The van der Waals surface area contributed by atoms with E-state index in [1.54, 1.807) is 12.1 Å². The predicted molar refractivity (Wildman–Crippen MR) is 102 cm³/mol. The third-order valence-corrected chi connectivity index (χ3v) is 5.33. The van der Waals surface area contributed by atoms with Crippen LogP contribution in [0.2, 0.25) is 0 Å². The Kier molecular flexibility index (Phi) is 6.31. The average Bonchev–Trinajstić information content (AvgIpc) is 3.13. The fourth-order valence-electron chi connectivity index (χ4n) is 3.84. The summed E-state index contributed by atoms with van der Waals surface area (Å²) in [6.45, 7) is 3.68. The van der Waals surface area contributed by atoms with Gasteiger partial charge in [-0.1, -0.05) is 19.1 Å². The number of aryl methyl sites for hydroxylation is 3. The van der Waals surface area contributed by atoms with Crippen LogP contribution in [-0.4, -0.2) is 38.1 Å². The first-order chi connectivity index (χ1) is 12.7. The number of hydrogen-bond acceptors (Lipinski definition) is 3. The highest BCUT2D eigenvalue weighted by molar-refractivity contribution is 5.76. The van der Waals surface area contributed by atoms with Crippen LogP contribution in [0.5, 0.6) is 5.75 Å². The number of aromatic nitrogens is 2. The zero-order chi connectivity index (χ0) is 18.4. The molecule has 3 rings (SSSR count). The highest BCUT2D eigenvalue weighted by atomic mass is 16.3. The van der Waals surface area contributed by atoms with Crippen LogP contribution >= 0.6 is 0 Å². The summed E-state index contributed by atoms with van der Waals surface area (Å²) in [5.41, 5.74) is 1.21. The first-order valence-electron chi connectivity index (χ1n) is 9.74. The van der Waals surface area contributed by atoms with E-state index in [4.69, 9.17) is 0 Å². The summed E-state index contributed by atoms with van der Waals surface area (Å²) >= 11 is 0. The summed E-state index contributed by atoms with van der Waals surface area (Å²) in [5.74, 6) is 1.60. The quantitative estimate of drug-likeness (QED) is 0.826. The molecule has 0 spiro atoms. The van der Waals surface area contributed by atoms with Gasteiger partial charge in [0.15, 0.2) is 0 Å². The van der Waals surface area contributed by atoms with E-state index < -0.39 is 0 Å². The maximum absolute atomic E-state index is 12.8. The van der Waals surface area contributed by atoms with Crippen molar-refractivity contribution < 1.29 is 9.90 Å². The summed E-state index contributed by atoms with van der Waals surface area (Å²) in [6.07, 6.45) is 10.5. The number of piperidine rings is 1. The highest BCUT2D eigenvalue weighted by Gasteiger charge is 2.26. The molecule has 5 heteroatoms. The molecule has 0 radical (unpaired) electrons. The van der Waals surface area contributed by atoms with Crippen molar-refractivity contribution in [3.63, 3.8) is 0 Å². The van der Waals surface area contributed by atoms with E-state index in [1.165, 1.54) is 12.0 Å². The summed E-state index contributed by atoms with van der Waals surface area (Å²) < 4.78 is 2.09. The minimum atomic E-state index is 0.260. The third kappa shape index (κ3) is 4.65. The fourth-order valence-corrected chi connectivity index (χ4v) is 3.84. The highest BCUT2D eigenvalue weighted by Crippen LogP contribution is 2.23. The Bertz CT molecular complexity index is 708. The molecule has 1 aromatic heterocycles. The van der Waals surface area contributed by atoms with Crippen LogP contribution in [-0.2, 0) is 24.2 Å². The van der Waals surface area contributed by atoms with Gasteiger partial charge in [0.25, 0.3) is 0 Å². The van der Waals surface area contributed by atoms with Gasteiger partial charge in [-0.25, -0.2) is 4.98 Å². The van der Waals surface area contributed by atoms with Crippen LogP contribution in [0.25, 0.3) is 0 Å². The molecule has 1 aliphatic rings. The van der Waals surface area contributed by atoms with Crippen LogP contribution in [0.4, 0.5) is 0 Å². The summed E-state index contributed by atoms with van der Waals surface area (Å²) in [7, 11) is 0. The number of phenols is 1. The number of benzene rings is 1. The second-order valence-corrected chi connectivity index (χ2v) is 7.08. The molecule has 0 saturated carbocycles. The number of aromatic hydroxyl groups is 1. The zero-order valence-electron chi connectivity index (χ0n) is 15.6. The summed E-state index contributed by atoms with van der Waals surface area (Å²) in [6, 6.07) is 7.73. The molecule has 1 amide bonds. The van der Waals surface area contributed by atoms with Crippen molar-refractivity contribution in [1.82, 2.24) is 14.5 Å². The summed E-state index contributed by atoms with van der Waals surface area (Å²) in [4.78, 5) is 19.3. The molecule has 0 bridgehead atoms. The molecule has 2 aromatic rings. The average molecular weight is 355 g/mol. The molecule has 1 saturated heterocycles. The van der Waals surface area contributed by atoms with Crippen molar-refractivity contribution in [2.75, 3.05) is 6.54 Å². The zero-order valence-corrected chi connectivity index (χ0v) is 15.6. The second kappa shape index (κ2) is 8.88. The fraction of sp³-hybridized carbons (Fsp3) is 0.524. The number of hydrogen-bond donors (Lipinski definition) is 1. The molecule has 0 unspecified atom stereocenters. The number of carbonyl (C=O) groups is 1. The lowest BCUT2D eigenvalue weighted by Crippen LogP contribution is -2.44. The molecule has 1 atom stereocenters. The topological polar surface area (TPSA) is 58.4 Å². The van der Waals surface area contributed by atoms with E-state index in [-0.39, 0.29) is 5.91 Å². The van der Waals surface area contributed by atoms with Crippen molar-refractivity contribution in [2.24, 2.45) is 0 Å². The Balaban J connectivity index is 1.55. The Morgan fingerprint density at radius 3 is 2.85 bits per heavy atom. The second-order valence-electron chi connectivity index (χ2n) is 7.08. The standard InChI is InChI=1S/C21H29N3O2/c1-2-20-22-13-16-23(20)15-12-21(26)24-14-4-3-5-18(24)9-6-17-7-10-19(25)11-8-17/h7-8,10-11,13,16,18,25H,2-6,9,12,14-15H2,1H3/t18-/m0/s1. The molecule has 1 aromatic carbocycles. The molecule has 26 heavy (non-hydrogen) atoms. The van der Waals surface area contributed by atoms with Gasteiger partial charge < -0.3 is 14.6 Å². The van der Waals surface area contributed by atoms with Gasteiger partial charge in [-0.15, -0.1) is 0 Å². The Morgan fingerprint density at radius 1 is 1.27 bits per heavy atom. The molecule has 1 aliphatic heterocycles. The first-order valence-corrected chi connectivity index (χ1v) is 9.74. The van der Waals surface area contributed by atoms with E-state index >= 15 is 0 Å². The van der Waals surface area contributed by atoms with Crippen molar-refractivity contribution in [1.29, 1.82) is 0 Å². The monoisotopic (exact) mass is 355 g/mol. The number of phenolic OH excluding ortho intramolecular Hbond substituents is 1. The number of carbonyl (C=O) groups excluding carboxylic acids is 1. The predicted octanol–water partition coefficient (Wildman–Crippen LogP) is 3.56. The van der Waals surface area contributed by atoms with Gasteiger partial charge in [0.1, 0.15) is 11.6 Å². The largest absolute Gasteiger partial charge is 0.508 e. The van der Waals surface area contributed by atoms with Crippen molar-refractivity contribution >= 4 is 5.91 Å². The van der Waals surface area contributed by atoms with E-state index in [0.717, 1.165) is 44.5 Å². The van der Waals surface area contributed by atoms with Crippen molar-refractivity contribution in [3.8, 4) is 5.75 Å². The molecular weight excluding hydrogens is 326 g/mol. The minimum absolute atomic E-state index is 0.260. The molecular formula is C21H29N3O2. The van der Waals surface area contributed by atoms with Crippen LogP contribution in [0.3, 0.4) is 0 Å². The lowest BCUT2D eigenvalue weighted by atomic mass is 9.95. The Morgan fingerprint density at radius 2 is 2.08 bits per heavy atom. The number of rotatable bonds is 7. The van der Waals surface area contributed by atoms with E-state index in [2.05, 4.69) is 21.4 Å². The molecule has 1 fully saturated rings. The van der Waals surface area contributed by atoms with Crippen LogP contribution in [0.1, 0.15) is 50.4 Å². The Labute approximate surface area is 155 Å². The van der Waals surface area contributed by atoms with Gasteiger partial charge in [-0.2, -0.15) is 0 Å². The third-order valence-electron chi connectivity index (χ3n) is 5.33. The van der Waals surface area contributed by atoms with E-state index in [1.807, 2.05) is 24.5 Å². The number of amides is 1. The molecule has 5 nitrogen and oxygen atoms in total. The van der Waals surface area contributed by atoms with Gasteiger partial charge in [0.2, 0.25) is 5.91 Å². The van der Waals surface area contributed by atoms with Gasteiger partial charge in [-0.3, -0.25) is 4.79 Å². The number of nitrogens with zero attached hydrogens (tertiary/aromatic N) is 3. The lowest BCUT2D eigenvalue weighted by Gasteiger charge is -2.36. The first kappa shape index (κ1) is 18.5. The maximum Gasteiger partial charge on any atom is 0.224 e. The molecule has 0 aliphatic carbocycles. The van der Waals surface area contributed by atoms with E-state index in [0.29, 0.717) is 24.8 Å². The normalized spacial score (nSPS) is 17.4. The van der Waals surface area contributed by atoms with Gasteiger partial charge in [-0.05, 0) is 49.8 Å². The van der Waals surface area contributed by atoms with Crippen LogP contribution < -0.4 is 0 Å². The van der Waals surface area contributed by atoms with Crippen LogP contribution in [0.15, 0.2) is 36.7 Å². The molecule has 1 N–H and O–H groups in total. The van der Waals surface area contributed by atoms with Crippen molar-refractivity contribution in [2.45, 2.75) is 64.5 Å². The number of imidazole rings is 1. The molecule has 2 heterocycles. The van der Waals surface area contributed by atoms with Gasteiger partial charge in [0.05, 0.1) is 0 Å². The van der Waals surface area contributed by atoms with Crippen molar-refractivity contribution in [3.05, 3.63) is 48.0 Å². The van der Waals surface area contributed by atoms with Gasteiger partial charge in [0, 0.05) is 44.4 Å². The minimum Gasteiger partial charge on any atom is -0.508 e. The molecule has 140 valence electrons. The van der Waals surface area contributed by atoms with Crippen LogP contribution in [0, 0.1) is 0 Å². The Hall–Kier alpha value is -2.30. The number of likely N-dealkylation sites (tertiary alicyclic amines) is 1. The van der Waals surface area contributed by atoms with E-state index in [9.17, 15) is 9.90 Å². The summed E-state index contributed by atoms with van der Waals surface area (Å²) in [5, 5.41) is 9.40. The lowest BCUT2D eigenvalue weighted by molar-refractivity contribution is -0.135. The smallest absolute Gasteiger partial charge is 0.224 e. The van der Waals surface area contributed by atoms with Gasteiger partial charge >= 0.3 is 0 Å². The SMILES string of the molecule is CCc1nccn1CCC(=O)N1CCCC[C@H]1CCc1ccc(O)cc1.